The van der Waals surface area contributed by atoms with E-state index in [2.05, 4.69) is 25.1 Å². The van der Waals surface area contributed by atoms with Gasteiger partial charge in [0.2, 0.25) is 0 Å². The lowest BCUT2D eigenvalue weighted by molar-refractivity contribution is 0.122. The van der Waals surface area contributed by atoms with Crippen molar-refractivity contribution in [1.29, 1.82) is 0 Å². The molecule has 9 nitrogen and oxygen atoms in total. The van der Waals surface area contributed by atoms with E-state index in [0.717, 1.165) is 24.5 Å². The van der Waals surface area contributed by atoms with Crippen molar-refractivity contribution in [1.82, 2.24) is 29.5 Å². The van der Waals surface area contributed by atoms with E-state index < -0.39 is 0 Å². The van der Waals surface area contributed by atoms with E-state index in [-0.39, 0.29) is 11.8 Å². The molecule has 1 aliphatic heterocycles. The van der Waals surface area contributed by atoms with Crippen LogP contribution in [-0.2, 0) is 18.2 Å². The maximum absolute atomic E-state index is 13.6. The van der Waals surface area contributed by atoms with Gasteiger partial charge in [-0.2, -0.15) is 20.2 Å². The first-order valence-electron chi connectivity index (χ1n) is 10.8. The molecule has 0 atom stereocenters. The van der Waals surface area contributed by atoms with Gasteiger partial charge in [0.25, 0.3) is 0 Å². The van der Waals surface area contributed by atoms with E-state index in [1.807, 2.05) is 37.6 Å². The Morgan fingerprint density at radius 2 is 1.94 bits per heavy atom. The van der Waals surface area contributed by atoms with Gasteiger partial charge >= 0.3 is 6.01 Å². The molecule has 0 saturated carbocycles. The van der Waals surface area contributed by atoms with E-state index in [1.165, 1.54) is 12.1 Å². The second-order valence-electron chi connectivity index (χ2n) is 7.74. The van der Waals surface area contributed by atoms with Gasteiger partial charge in [0.05, 0.1) is 31.7 Å². The van der Waals surface area contributed by atoms with Crippen LogP contribution in [0.2, 0.25) is 0 Å². The smallest absolute Gasteiger partial charge is 0.320 e. The monoisotopic (exact) mass is 449 g/mol. The minimum atomic E-state index is -0.303. The topological polar surface area (TPSA) is 83.1 Å². The van der Waals surface area contributed by atoms with Crippen molar-refractivity contribution >= 4 is 5.82 Å². The molecule has 1 aliphatic rings. The van der Waals surface area contributed by atoms with Crippen LogP contribution in [0.15, 0.2) is 55.0 Å². The highest BCUT2D eigenvalue weighted by atomic mass is 19.1. The Morgan fingerprint density at radius 1 is 1.09 bits per heavy atom. The highest BCUT2D eigenvalue weighted by Crippen LogP contribution is 2.23. The van der Waals surface area contributed by atoms with Crippen LogP contribution in [0.3, 0.4) is 0 Å². The lowest BCUT2D eigenvalue weighted by atomic mass is 10.1. The minimum absolute atomic E-state index is 0.278. The van der Waals surface area contributed by atoms with Gasteiger partial charge < -0.3 is 14.4 Å². The van der Waals surface area contributed by atoms with Gasteiger partial charge in [-0.3, -0.25) is 4.68 Å². The van der Waals surface area contributed by atoms with Crippen LogP contribution in [0.5, 0.6) is 6.01 Å². The summed E-state index contributed by atoms with van der Waals surface area (Å²) in [6, 6.07) is 10.3. The molecule has 0 bridgehead atoms. The molecular formula is C23H24FN7O2. The molecule has 3 aromatic heterocycles. The van der Waals surface area contributed by atoms with E-state index in [1.54, 1.807) is 21.6 Å². The molecule has 5 rings (SSSR count). The zero-order valence-electron chi connectivity index (χ0n) is 18.3. The number of aromatic nitrogens is 6. The summed E-state index contributed by atoms with van der Waals surface area (Å²) < 4.78 is 28.4. The van der Waals surface area contributed by atoms with Crippen LogP contribution in [0.1, 0.15) is 5.56 Å². The van der Waals surface area contributed by atoms with Crippen LogP contribution < -0.4 is 9.64 Å². The van der Waals surface area contributed by atoms with Gasteiger partial charge in [-0.05, 0) is 23.8 Å². The van der Waals surface area contributed by atoms with Crippen LogP contribution in [0.4, 0.5) is 10.2 Å². The largest absolute Gasteiger partial charge is 0.463 e. The van der Waals surface area contributed by atoms with Crippen LogP contribution >= 0.6 is 0 Å². The molecule has 0 radical (unpaired) electrons. The quantitative estimate of drug-likeness (QED) is 0.429. The summed E-state index contributed by atoms with van der Waals surface area (Å²) in [5.74, 6) is 1.02. The zero-order chi connectivity index (χ0) is 22.6. The fourth-order valence-electron chi connectivity index (χ4n) is 3.65. The molecule has 1 saturated heterocycles. The number of hydrogen-bond acceptors (Lipinski definition) is 7. The standard InChI is InChI=1S/C23H24FN7O2/c1-29-16-17(15-25-29)6-10-33-23-26-21(30-8-11-32-12-9-30)14-22(27-23)31-7-5-20(28-31)18-3-2-4-19(24)13-18/h2-5,7,13-16H,6,8-12H2,1H3. The molecule has 4 aromatic rings. The predicted octanol–water partition coefficient (Wildman–Crippen LogP) is 2.66. The van der Waals surface area contributed by atoms with Crippen molar-refractivity contribution in [3.8, 4) is 23.1 Å². The maximum Gasteiger partial charge on any atom is 0.320 e. The number of rotatable bonds is 7. The Labute approximate surface area is 190 Å². The van der Waals surface area contributed by atoms with E-state index in [0.29, 0.717) is 43.3 Å². The SMILES string of the molecule is Cn1cc(CCOc2nc(N3CCOCC3)cc(-n3ccc(-c4cccc(F)c4)n3)n2)cn1. The average Bonchev–Trinajstić information content (AvgIpc) is 3.49. The Hall–Kier alpha value is -3.79. The summed E-state index contributed by atoms with van der Waals surface area (Å²) in [6.07, 6.45) is 6.26. The van der Waals surface area contributed by atoms with Crippen molar-refractivity contribution in [2.75, 3.05) is 37.8 Å². The van der Waals surface area contributed by atoms with Gasteiger partial charge in [-0.1, -0.05) is 12.1 Å². The van der Waals surface area contributed by atoms with Gasteiger partial charge in [0.15, 0.2) is 5.82 Å². The third kappa shape index (κ3) is 5.01. The Kier molecular flexibility index (Phi) is 5.99. The van der Waals surface area contributed by atoms with E-state index in [4.69, 9.17) is 9.47 Å². The number of aryl methyl sites for hydroxylation is 1. The lowest BCUT2D eigenvalue weighted by Gasteiger charge is -2.28. The fourth-order valence-corrected chi connectivity index (χ4v) is 3.65. The number of halogens is 1. The van der Waals surface area contributed by atoms with Gasteiger partial charge in [0, 0.05) is 50.6 Å². The Bertz CT molecular complexity index is 1230. The molecule has 170 valence electrons. The number of benzene rings is 1. The van der Waals surface area contributed by atoms with Crippen molar-refractivity contribution in [2.24, 2.45) is 7.05 Å². The molecule has 0 N–H and O–H groups in total. The molecule has 0 spiro atoms. The molecular weight excluding hydrogens is 425 g/mol. The van der Waals surface area contributed by atoms with Crippen molar-refractivity contribution in [3.63, 3.8) is 0 Å². The third-order valence-electron chi connectivity index (χ3n) is 5.34. The molecule has 0 aliphatic carbocycles. The van der Waals surface area contributed by atoms with Crippen LogP contribution in [0.25, 0.3) is 17.1 Å². The average molecular weight is 449 g/mol. The van der Waals surface area contributed by atoms with Gasteiger partial charge in [-0.15, -0.1) is 0 Å². The second-order valence-corrected chi connectivity index (χ2v) is 7.74. The normalized spacial score (nSPS) is 13.9. The summed E-state index contributed by atoms with van der Waals surface area (Å²) in [7, 11) is 1.88. The Balaban J connectivity index is 1.41. The summed E-state index contributed by atoms with van der Waals surface area (Å²) in [6.45, 7) is 3.17. The molecule has 33 heavy (non-hydrogen) atoms. The molecule has 1 aromatic carbocycles. The molecule has 10 heteroatoms. The predicted molar refractivity (Wildman–Crippen MR) is 120 cm³/mol. The first-order valence-corrected chi connectivity index (χ1v) is 10.8. The number of anilines is 1. The zero-order valence-corrected chi connectivity index (χ0v) is 18.3. The number of ether oxygens (including phenoxy) is 2. The highest BCUT2D eigenvalue weighted by molar-refractivity contribution is 5.59. The van der Waals surface area contributed by atoms with E-state index >= 15 is 0 Å². The first kappa shape index (κ1) is 21.1. The summed E-state index contributed by atoms with van der Waals surface area (Å²) in [5, 5.41) is 8.78. The number of morpholine rings is 1. The second kappa shape index (κ2) is 9.37. The molecule has 0 amide bonds. The van der Waals surface area contributed by atoms with Gasteiger partial charge in [0.1, 0.15) is 11.6 Å². The van der Waals surface area contributed by atoms with Crippen LogP contribution in [0, 0.1) is 5.82 Å². The lowest BCUT2D eigenvalue weighted by Crippen LogP contribution is -2.37. The Morgan fingerprint density at radius 3 is 2.73 bits per heavy atom. The molecule has 0 unspecified atom stereocenters. The number of hydrogen-bond donors (Lipinski definition) is 0. The molecule has 4 heterocycles. The van der Waals surface area contributed by atoms with Crippen molar-refractivity contribution in [3.05, 3.63) is 66.4 Å². The van der Waals surface area contributed by atoms with Crippen molar-refractivity contribution < 1.29 is 13.9 Å². The van der Waals surface area contributed by atoms with E-state index in [9.17, 15) is 4.39 Å². The summed E-state index contributed by atoms with van der Waals surface area (Å²) in [4.78, 5) is 11.3. The third-order valence-corrected chi connectivity index (χ3v) is 5.34. The minimum Gasteiger partial charge on any atom is -0.463 e. The van der Waals surface area contributed by atoms with Crippen LogP contribution in [-0.4, -0.2) is 62.4 Å². The summed E-state index contributed by atoms with van der Waals surface area (Å²) >= 11 is 0. The molecule has 1 fully saturated rings. The first-order chi connectivity index (χ1) is 16.1. The number of nitrogens with zero attached hydrogens (tertiary/aromatic N) is 7. The van der Waals surface area contributed by atoms with Crippen molar-refractivity contribution in [2.45, 2.75) is 6.42 Å². The summed E-state index contributed by atoms with van der Waals surface area (Å²) in [5.41, 5.74) is 2.43. The highest BCUT2D eigenvalue weighted by Gasteiger charge is 2.17. The van der Waals surface area contributed by atoms with Gasteiger partial charge in [-0.25, -0.2) is 9.07 Å². The maximum atomic E-state index is 13.6. The fraction of sp³-hybridized carbons (Fsp3) is 0.304.